The Morgan fingerprint density at radius 3 is 2.41 bits per heavy atom. The molecule has 1 atom stereocenters. The van der Waals surface area contributed by atoms with Gasteiger partial charge in [0.2, 0.25) is 5.82 Å². The van der Waals surface area contributed by atoms with Gasteiger partial charge >= 0.3 is 0 Å². The number of quaternary nitrogens is 2. The summed E-state index contributed by atoms with van der Waals surface area (Å²) < 4.78 is 15.4. The van der Waals surface area contributed by atoms with Crippen LogP contribution in [0, 0.1) is 5.82 Å². The second kappa shape index (κ2) is 7.94. The van der Waals surface area contributed by atoms with Crippen LogP contribution >= 0.6 is 0 Å². The Bertz CT molecular complexity index is 856. The molecule has 1 aliphatic heterocycles. The zero-order valence-corrected chi connectivity index (χ0v) is 15.5. The third kappa shape index (κ3) is 4.04. The molecule has 4 rings (SSSR count). The van der Waals surface area contributed by atoms with Crippen molar-refractivity contribution in [2.45, 2.75) is 12.6 Å². The maximum absolute atomic E-state index is 13.5. The van der Waals surface area contributed by atoms with Crippen LogP contribution in [0.5, 0.6) is 0 Å². The smallest absolute Gasteiger partial charge is 0.214 e. The Balaban J connectivity index is 1.69. The molecular formula is C20H25FN6+2. The van der Waals surface area contributed by atoms with E-state index in [4.69, 9.17) is 0 Å². The first kappa shape index (κ1) is 17.8. The lowest BCUT2D eigenvalue weighted by Crippen LogP contribution is -3.27. The molecule has 6 nitrogen and oxygen atoms in total. The van der Waals surface area contributed by atoms with Gasteiger partial charge in [0.1, 0.15) is 32.0 Å². The van der Waals surface area contributed by atoms with Crippen LogP contribution in [0.2, 0.25) is 0 Å². The fourth-order valence-corrected chi connectivity index (χ4v) is 3.80. The molecule has 0 unspecified atom stereocenters. The summed E-state index contributed by atoms with van der Waals surface area (Å²) in [5.74, 6) is 0.610. The number of tetrazole rings is 1. The van der Waals surface area contributed by atoms with Crippen molar-refractivity contribution in [2.24, 2.45) is 0 Å². The van der Waals surface area contributed by atoms with Gasteiger partial charge in [0.05, 0.1) is 13.6 Å². The summed E-state index contributed by atoms with van der Waals surface area (Å²) in [6.45, 7) is 4.90. The monoisotopic (exact) mass is 368 g/mol. The summed E-state index contributed by atoms with van der Waals surface area (Å²) in [6, 6.07) is 17.0. The lowest BCUT2D eigenvalue weighted by molar-refractivity contribution is -1.02. The maximum Gasteiger partial charge on any atom is 0.214 e. The van der Waals surface area contributed by atoms with Gasteiger partial charge in [-0.3, -0.25) is 0 Å². The molecule has 1 fully saturated rings. The summed E-state index contributed by atoms with van der Waals surface area (Å²) in [7, 11) is 2.23. The van der Waals surface area contributed by atoms with E-state index in [2.05, 4.69) is 34.7 Å². The van der Waals surface area contributed by atoms with Crippen LogP contribution < -0.4 is 9.80 Å². The van der Waals surface area contributed by atoms with E-state index in [0.29, 0.717) is 6.54 Å². The van der Waals surface area contributed by atoms with E-state index in [1.54, 1.807) is 4.90 Å². The second-order valence-electron chi connectivity index (χ2n) is 7.28. The topological polar surface area (TPSA) is 52.5 Å². The van der Waals surface area contributed by atoms with Crippen LogP contribution in [0.1, 0.15) is 23.0 Å². The van der Waals surface area contributed by atoms with Crippen molar-refractivity contribution in [1.29, 1.82) is 0 Å². The van der Waals surface area contributed by atoms with Crippen molar-refractivity contribution < 1.29 is 14.2 Å². The Morgan fingerprint density at radius 2 is 1.70 bits per heavy atom. The van der Waals surface area contributed by atoms with E-state index in [0.717, 1.165) is 43.1 Å². The lowest BCUT2D eigenvalue weighted by Gasteiger charge is -2.32. The SMILES string of the molecule is C[NH+]1CC[NH+]([C@@H](c2ccc(F)cc2)c2nnnn2Cc2ccccc2)CC1. The number of hydrogen-bond acceptors (Lipinski definition) is 3. The minimum atomic E-state index is -0.223. The van der Waals surface area contributed by atoms with Crippen LogP contribution in [0.4, 0.5) is 4.39 Å². The normalized spacial score (nSPS) is 21.1. The van der Waals surface area contributed by atoms with E-state index in [1.165, 1.54) is 17.0 Å². The van der Waals surface area contributed by atoms with Gasteiger partial charge in [-0.25, -0.2) is 9.07 Å². The van der Waals surface area contributed by atoms with E-state index in [-0.39, 0.29) is 11.9 Å². The third-order valence-corrected chi connectivity index (χ3v) is 5.35. The zero-order chi connectivity index (χ0) is 18.6. The number of nitrogens with zero attached hydrogens (tertiary/aromatic N) is 4. The van der Waals surface area contributed by atoms with Gasteiger partial charge in [0.15, 0.2) is 6.04 Å². The molecule has 1 aromatic heterocycles. The molecule has 0 amide bonds. The number of piperazine rings is 1. The number of likely N-dealkylation sites (N-methyl/N-ethyl adjacent to an activating group) is 1. The van der Waals surface area contributed by atoms with Gasteiger partial charge < -0.3 is 9.80 Å². The summed E-state index contributed by atoms with van der Waals surface area (Å²) in [5.41, 5.74) is 2.21. The van der Waals surface area contributed by atoms with Crippen molar-refractivity contribution >= 4 is 0 Å². The standard InChI is InChI=1S/C20H23FN6/c1-25-11-13-26(14-12-25)19(17-7-9-18(21)10-8-17)20-22-23-24-27(20)15-16-5-3-2-4-6-16/h2-10,19H,11-15H2,1H3/p+2/t19-/m0/s1. The fraction of sp³-hybridized carbons (Fsp3) is 0.350. The van der Waals surface area contributed by atoms with Crippen LogP contribution in [-0.2, 0) is 6.54 Å². The Labute approximate surface area is 158 Å². The van der Waals surface area contributed by atoms with E-state index in [9.17, 15) is 4.39 Å². The molecular weight excluding hydrogens is 343 g/mol. The highest BCUT2D eigenvalue weighted by Gasteiger charge is 2.34. The zero-order valence-electron chi connectivity index (χ0n) is 15.5. The highest BCUT2D eigenvalue weighted by atomic mass is 19.1. The average molecular weight is 368 g/mol. The Kier molecular flexibility index (Phi) is 5.22. The van der Waals surface area contributed by atoms with E-state index >= 15 is 0 Å². The predicted octanol–water partition coefficient (Wildman–Crippen LogP) is -0.637. The first-order valence-corrected chi connectivity index (χ1v) is 9.42. The number of halogens is 1. The first-order valence-electron chi connectivity index (χ1n) is 9.42. The van der Waals surface area contributed by atoms with Crippen molar-refractivity contribution in [1.82, 2.24) is 20.2 Å². The van der Waals surface area contributed by atoms with Crippen molar-refractivity contribution in [2.75, 3.05) is 33.2 Å². The van der Waals surface area contributed by atoms with Gasteiger partial charge in [-0.1, -0.05) is 30.3 Å². The second-order valence-corrected chi connectivity index (χ2v) is 7.28. The molecule has 3 aromatic rings. The van der Waals surface area contributed by atoms with Crippen molar-refractivity contribution in [3.63, 3.8) is 0 Å². The molecule has 0 aliphatic carbocycles. The summed E-state index contributed by atoms with van der Waals surface area (Å²) in [5, 5.41) is 12.6. The van der Waals surface area contributed by atoms with Crippen LogP contribution in [-0.4, -0.2) is 53.4 Å². The highest BCUT2D eigenvalue weighted by molar-refractivity contribution is 5.23. The van der Waals surface area contributed by atoms with Gasteiger partial charge in [0.25, 0.3) is 0 Å². The molecule has 27 heavy (non-hydrogen) atoms. The predicted molar refractivity (Wildman–Crippen MR) is 98.9 cm³/mol. The summed E-state index contributed by atoms with van der Waals surface area (Å²) >= 11 is 0. The van der Waals surface area contributed by atoms with Crippen LogP contribution in [0.25, 0.3) is 0 Å². The van der Waals surface area contributed by atoms with Crippen LogP contribution in [0.3, 0.4) is 0 Å². The first-order chi connectivity index (χ1) is 13.2. The highest BCUT2D eigenvalue weighted by Crippen LogP contribution is 2.18. The molecule has 0 spiro atoms. The summed E-state index contributed by atoms with van der Waals surface area (Å²) in [4.78, 5) is 2.97. The lowest BCUT2D eigenvalue weighted by atomic mass is 10.0. The maximum atomic E-state index is 13.5. The minimum absolute atomic E-state index is 0.00240. The van der Waals surface area contributed by atoms with Gasteiger partial charge in [-0.2, -0.15) is 0 Å². The minimum Gasteiger partial charge on any atom is -0.328 e. The largest absolute Gasteiger partial charge is 0.328 e. The van der Waals surface area contributed by atoms with Crippen molar-refractivity contribution in [3.8, 4) is 0 Å². The number of benzene rings is 2. The van der Waals surface area contributed by atoms with E-state index < -0.39 is 0 Å². The third-order valence-electron chi connectivity index (χ3n) is 5.35. The number of rotatable bonds is 5. The number of nitrogens with one attached hydrogen (secondary N) is 2. The quantitative estimate of drug-likeness (QED) is 0.630. The molecule has 7 heteroatoms. The molecule has 2 N–H and O–H groups in total. The molecule has 2 heterocycles. The molecule has 1 saturated heterocycles. The van der Waals surface area contributed by atoms with Gasteiger partial charge in [-0.05, 0) is 40.3 Å². The number of hydrogen-bond donors (Lipinski definition) is 2. The molecule has 1 aliphatic rings. The summed E-state index contributed by atoms with van der Waals surface area (Å²) in [6.07, 6.45) is 0. The number of aromatic nitrogens is 4. The van der Waals surface area contributed by atoms with Crippen LogP contribution in [0.15, 0.2) is 54.6 Å². The molecule has 2 aromatic carbocycles. The van der Waals surface area contributed by atoms with Crippen molar-refractivity contribution in [3.05, 3.63) is 77.4 Å². The van der Waals surface area contributed by atoms with Gasteiger partial charge in [0, 0.05) is 5.56 Å². The van der Waals surface area contributed by atoms with E-state index in [1.807, 2.05) is 35.0 Å². The average Bonchev–Trinajstić information content (AvgIpc) is 3.13. The molecule has 0 bridgehead atoms. The Hall–Kier alpha value is -2.64. The molecule has 0 saturated carbocycles. The fourth-order valence-electron chi connectivity index (χ4n) is 3.80. The van der Waals surface area contributed by atoms with Gasteiger partial charge in [-0.15, -0.1) is 5.10 Å². The Morgan fingerprint density at radius 1 is 1.00 bits per heavy atom. The molecule has 140 valence electrons. The molecule has 0 radical (unpaired) electrons.